The van der Waals surface area contributed by atoms with Crippen LogP contribution < -0.4 is 31.3 Å². The predicted molar refractivity (Wildman–Crippen MR) is 331 cm³/mol. The Balaban J connectivity index is 0.000000127. The molecule has 13 aromatic rings. The third-order valence-corrected chi connectivity index (χ3v) is 13.9. The topological polar surface area (TPSA) is 262 Å². The second-order valence-corrected chi connectivity index (χ2v) is 19.8. The van der Waals surface area contributed by atoms with Crippen LogP contribution in [0.25, 0.3) is 50.7 Å². The van der Waals surface area contributed by atoms with Gasteiger partial charge >= 0.3 is 0 Å². The fourth-order valence-corrected chi connectivity index (χ4v) is 9.72. The molecule has 1 fully saturated rings. The minimum Gasteiger partial charge on any atom is -0.495 e. The van der Waals surface area contributed by atoms with E-state index in [9.17, 15) is 5.11 Å². The molecule has 4 aromatic carbocycles. The summed E-state index contributed by atoms with van der Waals surface area (Å²) in [5.41, 5.74) is 21.6. The monoisotopic (exact) mass is 1140 g/mol. The molecule has 0 aliphatic carbocycles. The molecule has 0 bridgehead atoms. The zero-order chi connectivity index (χ0) is 58.8. The lowest BCUT2D eigenvalue weighted by atomic mass is 10.1. The summed E-state index contributed by atoms with van der Waals surface area (Å²) in [6, 6.07) is 58.7. The number of nitriles is 1. The number of nitrogen functional groups attached to an aromatic ring is 1. The molecule has 0 amide bonds. The first-order chi connectivity index (χ1) is 42.2. The van der Waals surface area contributed by atoms with Gasteiger partial charge in [-0.3, -0.25) is 14.6 Å². The number of anilines is 8. The van der Waals surface area contributed by atoms with Crippen LogP contribution in [0.15, 0.2) is 201 Å². The molecule has 1 saturated heterocycles. The normalized spacial score (nSPS) is 12.0. The van der Waals surface area contributed by atoms with Gasteiger partial charge in [-0.05, 0) is 128 Å². The van der Waals surface area contributed by atoms with Crippen molar-refractivity contribution in [1.29, 1.82) is 5.26 Å². The Bertz CT molecular complexity index is 4490. The number of aromatic nitrogens is 13. The van der Waals surface area contributed by atoms with Crippen molar-refractivity contribution in [3.05, 3.63) is 223 Å². The predicted octanol–water partition coefficient (Wildman–Crippen LogP) is 10.6. The number of aliphatic hydroxyl groups excluding tert-OH is 1. The number of aliphatic hydroxyl groups is 1. The Morgan fingerprint density at radius 3 is 1.76 bits per heavy atom. The van der Waals surface area contributed by atoms with E-state index in [0.717, 1.165) is 101 Å². The van der Waals surface area contributed by atoms with Crippen molar-refractivity contribution >= 4 is 63.2 Å². The van der Waals surface area contributed by atoms with Crippen LogP contribution in [-0.4, -0.2) is 102 Å². The van der Waals surface area contributed by atoms with Crippen LogP contribution in [-0.2, 0) is 17.9 Å². The Kier molecular flexibility index (Phi) is 16.2. The quantitative estimate of drug-likeness (QED) is 0.0634. The number of fused-ring (bicyclic) bond motifs is 3. The number of methoxy groups -OCH3 is 1. The van der Waals surface area contributed by atoms with Gasteiger partial charge in [-0.1, -0.05) is 60.7 Å². The van der Waals surface area contributed by atoms with Crippen LogP contribution in [0, 0.1) is 18.3 Å². The molecule has 0 spiro atoms. The lowest BCUT2D eigenvalue weighted by Gasteiger charge is -2.28. The highest BCUT2D eigenvalue weighted by atomic mass is 16.5. The number of pyridine rings is 5. The number of ether oxygens (including phenoxy) is 2. The van der Waals surface area contributed by atoms with Crippen LogP contribution >= 0.6 is 0 Å². The summed E-state index contributed by atoms with van der Waals surface area (Å²) in [5, 5.41) is 46.2. The summed E-state index contributed by atoms with van der Waals surface area (Å²) in [5.74, 6) is 2.17. The number of nitrogens with two attached hydrogens (primary N) is 1. The molecule has 6 N–H and O–H groups in total. The van der Waals surface area contributed by atoms with E-state index in [1.807, 2.05) is 160 Å². The van der Waals surface area contributed by atoms with Crippen molar-refractivity contribution in [2.24, 2.45) is 0 Å². The summed E-state index contributed by atoms with van der Waals surface area (Å²) >= 11 is 0. The molecule has 10 heterocycles. The van der Waals surface area contributed by atoms with Gasteiger partial charge in [-0.15, -0.1) is 15.3 Å². The molecule has 426 valence electrons. The number of rotatable bonds is 14. The second kappa shape index (κ2) is 25.3. The number of morpholine rings is 1. The van der Waals surface area contributed by atoms with Crippen molar-refractivity contribution < 1.29 is 14.6 Å². The SMILES string of the molecule is COc1ccc(-c2cccc3nc(Nc4ccc(N5CCOCC5)cc4)nn23)cc1N.Cc1cc(Nc2nc3cccc(-c4cnn(Cc5ccccc5)c4)n3n2)ccn1.N#Cc1ccc(-c2cccc3nc(Nc4ccnc(CO)c4)nn23)cc1. The van der Waals surface area contributed by atoms with Crippen LogP contribution in [0.4, 0.5) is 46.3 Å². The molecule has 86 heavy (non-hydrogen) atoms. The zero-order valence-electron chi connectivity index (χ0n) is 46.8. The van der Waals surface area contributed by atoms with Crippen molar-refractivity contribution in [1.82, 2.24) is 63.5 Å². The molecule has 0 radical (unpaired) electrons. The van der Waals surface area contributed by atoms with Gasteiger partial charge in [0.1, 0.15) is 5.75 Å². The van der Waals surface area contributed by atoms with Gasteiger partial charge in [-0.25, -0.2) is 13.5 Å². The summed E-state index contributed by atoms with van der Waals surface area (Å²) in [4.78, 5) is 24.3. The van der Waals surface area contributed by atoms with Crippen LogP contribution in [0.1, 0.15) is 22.5 Å². The standard InChI is InChI=1S/C23H24N6O2.C22H19N7.C19H14N6O/c1-30-21-10-5-16(15-19(21)24)20-3-2-4-22-26-23(27-29(20)22)25-17-6-8-18(9-7-17)28-11-13-31-14-12-28;1-16-12-19(10-11-23-16)25-22-26-21-9-5-8-20(29(21)27-22)18-13-24-28(15-18)14-17-6-3-2-4-7-17;20-11-13-4-6-14(7-5-13)17-2-1-3-18-23-19(24-25(17)18)22-15-8-9-21-16(10-15)12-26/h2-10,15H,11-14,24H2,1H3,(H,25,27);2-13,15H,14H2,1H3,(H,23,25,27);1-10,26H,12H2,(H,21,22,24). The highest BCUT2D eigenvalue weighted by Crippen LogP contribution is 2.30. The second-order valence-electron chi connectivity index (χ2n) is 19.8. The summed E-state index contributed by atoms with van der Waals surface area (Å²) < 4.78 is 18.0. The maximum absolute atomic E-state index is 9.20. The van der Waals surface area contributed by atoms with E-state index in [1.165, 1.54) is 11.3 Å². The Morgan fingerprint density at radius 1 is 0.605 bits per heavy atom. The maximum Gasteiger partial charge on any atom is 0.247 e. The highest BCUT2D eigenvalue weighted by Gasteiger charge is 2.16. The number of hydrogen-bond donors (Lipinski definition) is 5. The van der Waals surface area contributed by atoms with Crippen molar-refractivity contribution in [2.45, 2.75) is 20.1 Å². The first-order valence-electron chi connectivity index (χ1n) is 27.5. The molecule has 1 aliphatic heterocycles. The fourth-order valence-electron chi connectivity index (χ4n) is 9.72. The summed E-state index contributed by atoms with van der Waals surface area (Å²) in [7, 11) is 1.61. The van der Waals surface area contributed by atoms with E-state index in [-0.39, 0.29) is 6.61 Å². The lowest BCUT2D eigenvalue weighted by Crippen LogP contribution is -2.36. The number of hydrogen-bond acceptors (Lipinski definition) is 18. The van der Waals surface area contributed by atoms with Gasteiger partial charge < -0.3 is 41.2 Å². The molecule has 1 aliphatic rings. The third kappa shape index (κ3) is 12.7. The Morgan fingerprint density at radius 2 is 1.17 bits per heavy atom. The molecule has 0 unspecified atom stereocenters. The number of aryl methyl sites for hydroxylation is 1. The smallest absolute Gasteiger partial charge is 0.247 e. The average molecular weight is 1140 g/mol. The Hall–Kier alpha value is -11.5. The van der Waals surface area contributed by atoms with Crippen molar-refractivity contribution in [2.75, 3.05) is 60.0 Å². The molecule has 0 saturated carbocycles. The molecule has 22 heteroatoms. The minimum atomic E-state index is -0.128. The van der Waals surface area contributed by atoms with Gasteiger partial charge in [0.25, 0.3) is 0 Å². The van der Waals surface area contributed by atoms with Crippen LogP contribution in [0.2, 0.25) is 0 Å². The Labute approximate surface area is 493 Å². The lowest BCUT2D eigenvalue weighted by molar-refractivity contribution is 0.122. The van der Waals surface area contributed by atoms with E-state index in [1.54, 1.807) is 48.3 Å². The fraction of sp³-hybridized carbons (Fsp3) is 0.125. The molecular formula is C64H57N19O3. The van der Waals surface area contributed by atoms with Gasteiger partial charge in [-0.2, -0.15) is 25.3 Å². The highest BCUT2D eigenvalue weighted by molar-refractivity contribution is 5.72. The first-order valence-corrected chi connectivity index (χ1v) is 27.5. The van der Waals surface area contributed by atoms with Gasteiger partial charge in [0.15, 0.2) is 16.9 Å². The largest absolute Gasteiger partial charge is 0.495 e. The van der Waals surface area contributed by atoms with Crippen LogP contribution in [0.3, 0.4) is 0 Å². The number of benzene rings is 4. The zero-order valence-corrected chi connectivity index (χ0v) is 46.8. The van der Waals surface area contributed by atoms with E-state index >= 15 is 0 Å². The summed E-state index contributed by atoms with van der Waals surface area (Å²) in [6.45, 7) is 5.92. The van der Waals surface area contributed by atoms with Gasteiger partial charge in [0, 0.05) is 76.8 Å². The first kappa shape index (κ1) is 55.0. The third-order valence-electron chi connectivity index (χ3n) is 13.9. The van der Waals surface area contributed by atoms with E-state index in [4.69, 9.17) is 20.5 Å². The van der Waals surface area contributed by atoms with Gasteiger partial charge in [0.05, 0.1) is 79.8 Å². The molecule has 14 rings (SSSR count). The maximum atomic E-state index is 9.20. The minimum absolute atomic E-state index is 0.128. The molecule has 9 aromatic heterocycles. The van der Waals surface area contributed by atoms with E-state index < -0.39 is 0 Å². The van der Waals surface area contributed by atoms with Gasteiger partial charge in [0.2, 0.25) is 17.8 Å². The summed E-state index contributed by atoms with van der Waals surface area (Å²) in [6.07, 6.45) is 7.27. The van der Waals surface area contributed by atoms with E-state index in [2.05, 4.69) is 96.5 Å². The number of nitrogens with zero attached hydrogens (tertiary/aromatic N) is 15. The van der Waals surface area contributed by atoms with Crippen molar-refractivity contribution in [3.63, 3.8) is 0 Å². The molecule has 0 atom stereocenters. The van der Waals surface area contributed by atoms with E-state index in [0.29, 0.717) is 46.2 Å². The molecular weight excluding hydrogens is 1080 g/mol. The number of nitrogens with one attached hydrogen (secondary N) is 3. The van der Waals surface area contributed by atoms with Crippen LogP contribution in [0.5, 0.6) is 5.75 Å². The van der Waals surface area contributed by atoms with Crippen molar-refractivity contribution in [3.8, 4) is 45.6 Å². The average Bonchev–Trinajstić information content (AvgIpc) is 2.70. The molecule has 22 nitrogen and oxygen atoms in total.